The van der Waals surface area contributed by atoms with Crippen LogP contribution in [0.4, 0.5) is 0 Å². The van der Waals surface area contributed by atoms with E-state index in [-0.39, 0.29) is 113 Å². The van der Waals surface area contributed by atoms with Gasteiger partial charge in [-0.15, -0.1) is 0 Å². The van der Waals surface area contributed by atoms with Crippen molar-refractivity contribution < 1.29 is 111 Å². The van der Waals surface area contributed by atoms with E-state index in [1.54, 1.807) is 20.8 Å². The van der Waals surface area contributed by atoms with E-state index in [0.29, 0.717) is 133 Å². The number of carboxylic acids is 1. The molecule has 0 aliphatic heterocycles. The van der Waals surface area contributed by atoms with Gasteiger partial charge in [-0.2, -0.15) is 46.3 Å². The van der Waals surface area contributed by atoms with Crippen molar-refractivity contribution in [1.82, 2.24) is 26.6 Å². The second-order valence-corrected chi connectivity index (χ2v) is 43.0. The van der Waals surface area contributed by atoms with Crippen LogP contribution in [0.2, 0.25) is 0 Å². The fourth-order valence-corrected chi connectivity index (χ4v) is 16.5. The van der Waals surface area contributed by atoms with Gasteiger partial charge in [-0.1, -0.05) is 108 Å². The van der Waals surface area contributed by atoms with Gasteiger partial charge in [0.2, 0.25) is 29.5 Å². The largest absolute Gasteiger partial charge is 0.748 e. The number of ether oxygens (including phenoxy) is 4. The van der Waals surface area contributed by atoms with Crippen molar-refractivity contribution in [2.75, 3.05) is 152 Å². The molecule has 29 nitrogen and oxygen atoms in total. The number of carbonyl (C=O) groups is 10. The van der Waals surface area contributed by atoms with E-state index in [0.717, 1.165) is 122 Å². The van der Waals surface area contributed by atoms with Crippen molar-refractivity contribution in [2.45, 2.75) is 312 Å². The molecule has 0 aliphatic rings. The van der Waals surface area contributed by atoms with E-state index < -0.39 is 76.4 Å². The van der Waals surface area contributed by atoms with Gasteiger partial charge in [0.05, 0.1) is 132 Å². The third-order valence-electron chi connectivity index (χ3n) is 22.4. The molecule has 5 amide bonds. The van der Waals surface area contributed by atoms with Crippen LogP contribution in [0.3, 0.4) is 0 Å². The first-order valence-electron chi connectivity index (χ1n) is 44.5. The highest BCUT2D eigenvalue weighted by Crippen LogP contribution is 2.41. The maximum Gasteiger partial charge on any atom is 0.311 e. The van der Waals surface area contributed by atoms with E-state index in [1.165, 1.54) is 0 Å². The fourth-order valence-electron chi connectivity index (χ4n) is 14.2. The number of rotatable bonds is 68. The normalized spacial score (nSPS) is 14.5. The van der Waals surface area contributed by atoms with E-state index >= 15 is 0 Å². The lowest BCUT2D eigenvalue weighted by Crippen LogP contribution is -2.45. The van der Waals surface area contributed by atoms with Crippen molar-refractivity contribution >= 4 is 118 Å². The van der Waals surface area contributed by atoms with E-state index in [2.05, 4.69) is 85.2 Å². The molecular weight excluding hydrogens is 1650 g/mol. The van der Waals surface area contributed by atoms with Gasteiger partial charge in [0, 0.05) is 103 Å². The first-order valence-corrected chi connectivity index (χ1v) is 49.2. The molecule has 6 N–H and O–H groups in total. The highest BCUT2D eigenvalue weighted by Gasteiger charge is 2.45. The van der Waals surface area contributed by atoms with Crippen molar-refractivity contribution in [2.24, 2.45) is 32.5 Å². The first kappa shape index (κ1) is 121. The van der Waals surface area contributed by atoms with Crippen LogP contribution >= 0.6 is 37.9 Å². The number of carboxylic acid groups (broad SMARTS) is 1. The number of carbonyl (C=O) groups excluding carboxylic acids is 10. The molecule has 121 heavy (non-hydrogen) atoms. The zero-order valence-electron chi connectivity index (χ0n) is 78.6. The zero-order chi connectivity index (χ0) is 93.6. The molecule has 0 aromatic heterocycles. The van der Waals surface area contributed by atoms with Crippen molar-refractivity contribution in [1.29, 1.82) is 0 Å². The lowest BCUT2D eigenvalue weighted by atomic mass is 9.72. The van der Waals surface area contributed by atoms with Crippen molar-refractivity contribution in [3.8, 4) is 0 Å². The van der Waals surface area contributed by atoms with E-state index in [9.17, 15) is 74.4 Å². The fraction of sp³-hybridized carbons (Fsp3) is 0.885. The number of nitrogens with zero attached hydrogens (tertiary/aromatic N) is 3. The van der Waals surface area contributed by atoms with Gasteiger partial charge in [0.15, 0.2) is 0 Å². The molecular formula is C87H169N8O21S5+. The standard InChI is InChI=1S/C30H57N3O6S.C29H57N3O7S2.C28H54N2O8S2/c1-8-14-24(40)15-10-11-16-25(34)31-19-22-39-28(38)30(5,9-2)23-29(3,4)27(37)32-18-13-21-33(6,7)20-12-17-26(35)36;1-8-14-24(40)15-10-11-16-25(33)30-18-21-39-27(35)29(5,9-2)23-28(3,4)26(34)31-17-12-19-32(6,7)20-13-22-41(36,37)38;1-8-13-23(39)14-10-11-15-24(31)29-16-19-37-26(33)28(5,9-2)22-27(3,4)25(32)38-20-18-30(6,7)17-12-21-40(34,35)36/h24H,8-23H2,1-7H3,(H3-,31,32,34,35,36,37,40);24H,8-23H2,1-7H3,(H3-,30,31,33,34,36,37,38,40);23H,8-22H2,1-7H3,(H2-,29,31,34,35,36,39)/p+1. The Bertz CT molecular complexity index is 3250. The summed E-state index contributed by atoms with van der Waals surface area (Å²) in [7, 11) is 3.57. The number of unbranched alkanes of at least 4 members (excludes halogenated alkanes) is 3. The Balaban J connectivity index is -0.00000173. The minimum Gasteiger partial charge on any atom is -0.748 e. The number of likely N-dealkylation sites (N-methyl/N-ethyl adjacent to an activating group) is 1. The number of thiol groups is 3. The Morgan fingerprint density at radius 1 is 0.364 bits per heavy atom. The lowest BCUT2D eigenvalue weighted by Gasteiger charge is -2.34. The second kappa shape index (κ2) is 61.8. The van der Waals surface area contributed by atoms with E-state index in [4.69, 9.17) is 23.5 Å². The van der Waals surface area contributed by atoms with Crippen LogP contribution in [0.15, 0.2) is 0 Å². The number of esters is 4. The molecule has 34 heteroatoms. The van der Waals surface area contributed by atoms with Crippen LogP contribution in [-0.4, -0.2) is 267 Å². The molecule has 0 heterocycles. The van der Waals surface area contributed by atoms with Crippen LogP contribution in [0.1, 0.15) is 296 Å². The summed E-state index contributed by atoms with van der Waals surface area (Å²) in [6.07, 6.45) is 21.3. The van der Waals surface area contributed by atoms with Gasteiger partial charge in [-0.3, -0.25) is 47.7 Å². The second-order valence-electron chi connectivity index (χ2n) is 37.7. The number of aliphatic carboxylic acids is 1. The summed E-state index contributed by atoms with van der Waals surface area (Å²) in [4.78, 5) is 124. The monoisotopic (exact) mass is 1820 g/mol. The molecule has 6 unspecified atom stereocenters. The number of hydrogen-bond donors (Lipinski definition) is 9. The van der Waals surface area contributed by atoms with Crippen LogP contribution in [0.5, 0.6) is 0 Å². The van der Waals surface area contributed by atoms with Gasteiger partial charge in [0.25, 0.3) is 10.1 Å². The van der Waals surface area contributed by atoms with Gasteiger partial charge < -0.3 is 73.4 Å². The van der Waals surface area contributed by atoms with Gasteiger partial charge in [0.1, 0.15) is 33.0 Å². The minimum absolute atomic E-state index is 0.0435. The molecule has 0 spiro atoms. The lowest BCUT2D eigenvalue weighted by molar-refractivity contribution is -0.890. The highest BCUT2D eigenvalue weighted by molar-refractivity contribution is 7.86. The average Bonchev–Trinajstić information content (AvgIpc) is 0.826. The predicted molar refractivity (Wildman–Crippen MR) is 487 cm³/mol. The third kappa shape index (κ3) is 61.5. The van der Waals surface area contributed by atoms with Gasteiger partial charge in [-0.25, -0.2) is 8.42 Å². The average molecular weight is 1820 g/mol. The molecule has 0 bridgehead atoms. The third-order valence-corrected chi connectivity index (χ3v) is 25.5. The molecule has 0 aromatic carbocycles. The molecule has 0 aliphatic carbocycles. The Kier molecular flexibility index (Phi) is 61.6. The number of amides is 5. The summed E-state index contributed by atoms with van der Waals surface area (Å²) in [5.41, 5.74) is -5.12. The maximum atomic E-state index is 13.0. The molecule has 0 radical (unpaired) electrons. The summed E-state index contributed by atoms with van der Waals surface area (Å²) in [6.45, 7) is 34.1. The quantitative estimate of drug-likeness (QED) is 0.00682. The summed E-state index contributed by atoms with van der Waals surface area (Å²) in [5, 5.41) is 26.2. The van der Waals surface area contributed by atoms with Crippen LogP contribution in [-0.2, 0) is 87.1 Å². The Hall–Kier alpha value is -4.55. The SMILES string of the molecule is CCCC(S)CCCCC(=O)NCCOC(=O)C(C)(CC)CC(C)(C)C(=O)NCCC[N+](C)(C)CCCC(=O)[O-].CCCC(S)CCCCC(=O)NCCOC(=O)C(C)(CC)CC(C)(C)C(=O)NCCC[N+](C)(C)CCCS(=O)(=O)O.CCCC(S)CCCCC(=O)NCCOC(=O)C(C)(CC)CC(C)(C)C(=O)OCC[N+](C)(C)CCCS(=O)(=O)[O-]. The maximum absolute atomic E-state index is 13.0. The number of nitrogens with one attached hydrogen (secondary N) is 5. The van der Waals surface area contributed by atoms with Crippen LogP contribution < -0.4 is 31.7 Å². The van der Waals surface area contributed by atoms with Crippen molar-refractivity contribution in [3.63, 3.8) is 0 Å². The topological polar surface area (TPSA) is 402 Å². The highest BCUT2D eigenvalue weighted by atomic mass is 32.2. The van der Waals surface area contributed by atoms with Crippen LogP contribution in [0.25, 0.3) is 0 Å². The zero-order valence-corrected chi connectivity index (χ0v) is 82.9. The summed E-state index contributed by atoms with van der Waals surface area (Å²) >= 11 is 13.6. The minimum atomic E-state index is -4.25. The van der Waals surface area contributed by atoms with Gasteiger partial charge >= 0.3 is 23.9 Å². The summed E-state index contributed by atoms with van der Waals surface area (Å²) in [6, 6.07) is 0. The molecule has 0 saturated carbocycles. The predicted octanol–water partition coefficient (Wildman–Crippen LogP) is 10.9. The molecule has 712 valence electrons. The van der Waals surface area contributed by atoms with E-state index in [1.807, 2.05) is 105 Å². The summed E-state index contributed by atoms with van der Waals surface area (Å²) < 4.78 is 86.8. The molecule has 0 aromatic rings. The van der Waals surface area contributed by atoms with Crippen LogP contribution in [0, 0.1) is 32.5 Å². The molecule has 0 saturated heterocycles. The smallest absolute Gasteiger partial charge is 0.311 e. The Morgan fingerprint density at radius 2 is 0.653 bits per heavy atom. The van der Waals surface area contributed by atoms with Gasteiger partial charge in [-0.05, 0) is 137 Å². The number of hydrogen-bond acceptors (Lipinski definition) is 23. The first-order chi connectivity index (χ1) is 55.8. The molecule has 6 atom stereocenters. The molecule has 0 fully saturated rings. The molecule has 0 rings (SSSR count). The Labute approximate surface area is 747 Å². The summed E-state index contributed by atoms with van der Waals surface area (Å²) in [5.74, 6) is -3.74. The number of quaternary nitrogens is 3. The Morgan fingerprint density at radius 3 is 0.950 bits per heavy atom. The van der Waals surface area contributed by atoms with Crippen molar-refractivity contribution in [3.05, 3.63) is 0 Å².